The molecule has 0 aromatic heterocycles. The number of aliphatic hydroxyl groups excluding tert-OH is 1. The zero-order valence-electron chi connectivity index (χ0n) is 21.8. The van der Waals surface area contributed by atoms with Crippen LogP contribution < -0.4 is 30.3 Å². The fourth-order valence-corrected chi connectivity index (χ4v) is 5.49. The number of benzene rings is 2. The Morgan fingerprint density at radius 2 is 1.95 bits per heavy atom. The third kappa shape index (κ3) is 7.99. The van der Waals surface area contributed by atoms with Crippen molar-refractivity contribution < 1.29 is 33.6 Å². The summed E-state index contributed by atoms with van der Waals surface area (Å²) in [5, 5.41) is 19.8. The highest BCUT2D eigenvalue weighted by Crippen LogP contribution is 2.35. The summed E-state index contributed by atoms with van der Waals surface area (Å²) in [4.78, 5) is 24.5. The molecule has 0 fully saturated rings. The monoisotopic (exact) mass is 716 g/mol. The van der Waals surface area contributed by atoms with Gasteiger partial charge in [-0.1, -0.05) is 22.0 Å². The van der Waals surface area contributed by atoms with Crippen LogP contribution in [0.3, 0.4) is 0 Å². The van der Waals surface area contributed by atoms with E-state index >= 15 is 0 Å². The Hall–Kier alpha value is -3.04. The number of hydrogen-bond donors (Lipinski definition) is 4. The van der Waals surface area contributed by atoms with Gasteiger partial charge >= 0.3 is 12.0 Å². The Morgan fingerprint density at radius 3 is 2.64 bits per heavy atom. The fraction of sp³-hybridized carbons (Fsp3) is 0.346. The van der Waals surface area contributed by atoms with Crippen molar-refractivity contribution in [3.05, 3.63) is 60.8 Å². The van der Waals surface area contributed by atoms with Crippen LogP contribution in [-0.4, -0.2) is 56.5 Å². The number of nitrogens with one attached hydrogen (secondary N) is 3. The number of hydrogen-bond acceptors (Lipinski definition) is 9. The third-order valence-corrected chi connectivity index (χ3v) is 6.68. The minimum atomic E-state index is -1.13. The van der Waals surface area contributed by atoms with Crippen molar-refractivity contribution in [1.29, 1.82) is 0 Å². The van der Waals surface area contributed by atoms with E-state index in [1.807, 2.05) is 26.0 Å². The molecule has 2 aromatic rings. The van der Waals surface area contributed by atoms with Crippen LogP contribution in [0.5, 0.6) is 17.2 Å². The highest BCUT2D eigenvalue weighted by molar-refractivity contribution is 14.1. The molecule has 0 bridgehead atoms. The number of amides is 2. The number of aliphatic hydroxyl groups is 1. The molecule has 39 heavy (non-hydrogen) atoms. The van der Waals surface area contributed by atoms with E-state index in [0.717, 1.165) is 13.6 Å². The van der Waals surface area contributed by atoms with Gasteiger partial charge in [-0.05, 0) is 73.2 Å². The molecule has 0 spiro atoms. The molecule has 210 valence electrons. The van der Waals surface area contributed by atoms with E-state index in [0.29, 0.717) is 41.7 Å². The molecule has 1 aliphatic rings. The van der Waals surface area contributed by atoms with Crippen LogP contribution in [0, 0.1) is 3.57 Å². The van der Waals surface area contributed by atoms with Gasteiger partial charge in [0.15, 0.2) is 17.7 Å². The number of nitrogens with zero attached hydrogens (tertiary/aromatic N) is 1. The minimum Gasteiger partial charge on any atom is -0.492 e. The second-order valence-corrected chi connectivity index (χ2v) is 10.2. The van der Waals surface area contributed by atoms with Gasteiger partial charge in [-0.15, -0.1) is 0 Å². The number of rotatable bonds is 12. The average Bonchev–Trinajstić information content (AvgIpc) is 2.89. The van der Waals surface area contributed by atoms with Gasteiger partial charge in [-0.25, -0.2) is 9.59 Å². The molecule has 2 aromatic carbocycles. The topological polar surface area (TPSA) is 140 Å². The zero-order chi connectivity index (χ0) is 28.5. The second kappa shape index (κ2) is 14.4. The molecule has 0 saturated heterocycles. The molecule has 3 rings (SSSR count). The van der Waals surface area contributed by atoms with E-state index in [1.165, 1.54) is 7.11 Å². The van der Waals surface area contributed by atoms with Gasteiger partial charge in [0.25, 0.3) is 0 Å². The van der Waals surface area contributed by atoms with Crippen LogP contribution in [0.2, 0.25) is 0 Å². The summed E-state index contributed by atoms with van der Waals surface area (Å²) < 4.78 is 23.9. The number of ether oxygens (including phenoxy) is 4. The number of allylic oxidation sites excluding steroid dienone is 1. The van der Waals surface area contributed by atoms with Crippen molar-refractivity contribution in [2.45, 2.75) is 33.0 Å². The molecular weight excluding hydrogens is 687 g/mol. The number of carbonyl (C=O) groups excluding carboxylic acids is 2. The highest BCUT2D eigenvalue weighted by atomic mass is 127. The van der Waals surface area contributed by atoms with Crippen molar-refractivity contribution in [3.63, 3.8) is 0 Å². The van der Waals surface area contributed by atoms with E-state index in [-0.39, 0.29) is 12.2 Å². The SMILES string of the molecule is CCOc1cc([C@@H]2NC(=O)NC(C)=C2C(=O)OC)ccc1OC[C@H](O)N/N=C/c1cc(Br)cc(I)c1OCC. The van der Waals surface area contributed by atoms with Crippen LogP contribution in [-0.2, 0) is 9.53 Å². The first-order valence-corrected chi connectivity index (χ1v) is 13.9. The highest BCUT2D eigenvalue weighted by Gasteiger charge is 2.32. The Balaban J connectivity index is 1.72. The van der Waals surface area contributed by atoms with Gasteiger partial charge in [0.05, 0.1) is 41.7 Å². The van der Waals surface area contributed by atoms with Crippen molar-refractivity contribution in [2.75, 3.05) is 26.9 Å². The maximum atomic E-state index is 12.4. The smallest absolute Gasteiger partial charge is 0.337 e. The summed E-state index contributed by atoms with van der Waals surface area (Å²) in [6.45, 7) is 6.06. The first-order chi connectivity index (χ1) is 18.7. The Labute approximate surface area is 248 Å². The summed E-state index contributed by atoms with van der Waals surface area (Å²) in [6, 6.07) is 7.64. The molecule has 2 atom stereocenters. The molecule has 1 heterocycles. The maximum absolute atomic E-state index is 12.4. The van der Waals surface area contributed by atoms with Crippen LogP contribution in [0.4, 0.5) is 4.79 Å². The zero-order valence-corrected chi connectivity index (χ0v) is 25.6. The summed E-state index contributed by atoms with van der Waals surface area (Å²) in [5.41, 5.74) is 4.64. The fourth-order valence-electron chi connectivity index (χ4n) is 3.79. The van der Waals surface area contributed by atoms with Crippen LogP contribution in [0.15, 0.2) is 51.2 Å². The Kier molecular flexibility index (Phi) is 11.2. The maximum Gasteiger partial charge on any atom is 0.337 e. The predicted octanol–water partition coefficient (Wildman–Crippen LogP) is 3.97. The molecule has 0 aliphatic carbocycles. The molecule has 13 heteroatoms. The Bertz CT molecular complexity index is 1270. The van der Waals surface area contributed by atoms with E-state index in [9.17, 15) is 14.7 Å². The third-order valence-electron chi connectivity index (χ3n) is 5.43. The lowest BCUT2D eigenvalue weighted by Crippen LogP contribution is -2.45. The quantitative estimate of drug-likeness (QED) is 0.0851. The number of methoxy groups -OCH3 is 1. The molecule has 0 radical (unpaired) electrons. The first-order valence-electron chi connectivity index (χ1n) is 12.0. The molecular formula is C26H30BrIN4O7. The first kappa shape index (κ1) is 30.5. The second-order valence-electron chi connectivity index (χ2n) is 8.15. The van der Waals surface area contributed by atoms with E-state index in [4.69, 9.17) is 18.9 Å². The van der Waals surface area contributed by atoms with Crippen molar-refractivity contribution >= 4 is 56.7 Å². The van der Waals surface area contributed by atoms with Gasteiger partial charge in [-0.3, -0.25) is 5.43 Å². The lowest BCUT2D eigenvalue weighted by Gasteiger charge is -2.28. The molecule has 2 amide bonds. The predicted molar refractivity (Wildman–Crippen MR) is 157 cm³/mol. The lowest BCUT2D eigenvalue weighted by molar-refractivity contribution is -0.136. The summed E-state index contributed by atoms with van der Waals surface area (Å²) in [5.74, 6) is 0.880. The molecule has 0 unspecified atom stereocenters. The van der Waals surface area contributed by atoms with E-state index in [2.05, 4.69) is 59.7 Å². The number of halogens is 2. The van der Waals surface area contributed by atoms with Crippen molar-refractivity contribution in [3.8, 4) is 17.2 Å². The van der Waals surface area contributed by atoms with Crippen LogP contribution >= 0.6 is 38.5 Å². The number of esters is 1. The van der Waals surface area contributed by atoms with E-state index < -0.39 is 24.3 Å². The standard InChI is InChI=1S/C26H30BrIN4O7/c1-5-37-20-10-15(23-22(25(34)36-4)14(3)30-26(35)31-23)7-8-19(20)39-13-21(33)32-29-12-16-9-17(27)11-18(28)24(16)38-6-2/h7-12,21,23,32-33H,5-6,13H2,1-4H3,(H2,30,31,35)/b29-12+/t21-,23-/m0/s1. The van der Waals surface area contributed by atoms with Crippen LogP contribution in [0.1, 0.15) is 37.9 Å². The Morgan fingerprint density at radius 1 is 1.21 bits per heavy atom. The summed E-state index contributed by atoms with van der Waals surface area (Å²) in [7, 11) is 1.28. The summed E-state index contributed by atoms with van der Waals surface area (Å²) >= 11 is 5.65. The normalized spacial score (nSPS) is 15.9. The summed E-state index contributed by atoms with van der Waals surface area (Å²) in [6.07, 6.45) is 0.431. The van der Waals surface area contributed by atoms with Gasteiger partial charge < -0.3 is 34.7 Å². The molecule has 4 N–H and O–H groups in total. The number of urea groups is 1. The average molecular weight is 717 g/mol. The van der Waals surface area contributed by atoms with Crippen molar-refractivity contribution in [1.82, 2.24) is 16.1 Å². The lowest BCUT2D eigenvalue weighted by atomic mass is 9.95. The minimum absolute atomic E-state index is 0.137. The number of carbonyl (C=O) groups is 2. The largest absolute Gasteiger partial charge is 0.492 e. The van der Waals surface area contributed by atoms with Gasteiger partial charge in [0.1, 0.15) is 12.4 Å². The number of hydrazone groups is 1. The van der Waals surface area contributed by atoms with Crippen molar-refractivity contribution in [2.24, 2.45) is 5.10 Å². The molecule has 1 aliphatic heterocycles. The van der Waals surface area contributed by atoms with Crippen LogP contribution in [0.25, 0.3) is 0 Å². The molecule has 11 nitrogen and oxygen atoms in total. The van der Waals surface area contributed by atoms with E-state index in [1.54, 1.807) is 31.3 Å². The molecule has 0 saturated carbocycles. The van der Waals surface area contributed by atoms with Gasteiger partial charge in [0.2, 0.25) is 0 Å². The van der Waals surface area contributed by atoms with Gasteiger partial charge in [-0.2, -0.15) is 5.10 Å². The van der Waals surface area contributed by atoms with Gasteiger partial charge in [0, 0.05) is 15.7 Å².